The molecule has 2 heterocycles. The molecule has 0 radical (unpaired) electrons. The number of aromatic nitrogens is 2. The van der Waals surface area contributed by atoms with Gasteiger partial charge in [-0.2, -0.15) is 5.26 Å². The van der Waals surface area contributed by atoms with E-state index in [1.807, 2.05) is 80.6 Å². The molecule has 1 aliphatic heterocycles. The fourth-order valence-corrected chi connectivity index (χ4v) is 3.96. The molecule has 0 unspecified atom stereocenters. The number of benzene rings is 3. The van der Waals surface area contributed by atoms with Gasteiger partial charge in [0.25, 0.3) is 0 Å². The van der Waals surface area contributed by atoms with Crippen LogP contribution in [0.2, 0.25) is 0 Å². The van der Waals surface area contributed by atoms with Crippen molar-refractivity contribution in [2.45, 2.75) is 13.8 Å². The van der Waals surface area contributed by atoms with Crippen LogP contribution in [0.25, 0.3) is 27.9 Å². The number of nitrogens with one attached hydrogen (secondary N) is 1. The van der Waals surface area contributed by atoms with E-state index in [1.54, 1.807) is 0 Å². The summed E-state index contributed by atoms with van der Waals surface area (Å²) in [6, 6.07) is 24.2. The molecular formula is C26H19N3O. The van der Waals surface area contributed by atoms with Crippen LogP contribution in [0.1, 0.15) is 28.1 Å². The fourth-order valence-electron chi connectivity index (χ4n) is 3.96. The lowest BCUT2D eigenvalue weighted by atomic mass is 9.90. The molecule has 4 nitrogen and oxygen atoms in total. The standard InChI is InChI=1S/C26H19N3O/c1-16-12-17(2)25-19(14-23(30-24(25)13-16)18-8-4-3-5-9-18)20(15-27)26-28-21-10-6-7-11-22(21)29-26/h3-14H,1-2H3,(H,28,29). The molecule has 144 valence electrons. The summed E-state index contributed by atoms with van der Waals surface area (Å²) in [5, 5.41) is 10.1. The number of fused-ring (bicyclic) bond motifs is 2. The van der Waals surface area contributed by atoms with Crippen LogP contribution >= 0.6 is 0 Å². The van der Waals surface area contributed by atoms with Gasteiger partial charge in [0.1, 0.15) is 29.0 Å². The second-order valence-corrected chi connectivity index (χ2v) is 7.43. The summed E-state index contributed by atoms with van der Waals surface area (Å²) in [5.41, 5.74) is 7.11. The molecule has 1 N–H and O–H groups in total. The fraction of sp³-hybridized carbons (Fsp3) is 0.0769. The Morgan fingerprint density at radius 3 is 2.53 bits per heavy atom. The molecule has 4 heteroatoms. The van der Waals surface area contributed by atoms with E-state index in [9.17, 15) is 5.26 Å². The van der Waals surface area contributed by atoms with Crippen LogP contribution in [-0.2, 0) is 0 Å². The Bertz CT molecular complexity index is 1350. The first kappa shape index (κ1) is 18.0. The van der Waals surface area contributed by atoms with E-state index in [0.717, 1.165) is 44.6 Å². The van der Waals surface area contributed by atoms with Crippen LogP contribution in [0.3, 0.4) is 0 Å². The number of hydrogen-bond donors (Lipinski definition) is 1. The highest BCUT2D eigenvalue weighted by atomic mass is 16.5. The topological polar surface area (TPSA) is 61.7 Å². The molecule has 0 saturated carbocycles. The number of allylic oxidation sites excluding steroid dienone is 3. The van der Waals surface area contributed by atoms with Crippen LogP contribution in [-0.4, -0.2) is 9.97 Å². The Kier molecular flexibility index (Phi) is 4.22. The first-order chi connectivity index (χ1) is 14.6. The molecule has 3 aromatic carbocycles. The van der Waals surface area contributed by atoms with Crippen molar-refractivity contribution in [3.8, 4) is 11.8 Å². The van der Waals surface area contributed by atoms with Gasteiger partial charge in [-0.3, -0.25) is 0 Å². The van der Waals surface area contributed by atoms with Gasteiger partial charge < -0.3 is 9.72 Å². The van der Waals surface area contributed by atoms with Crippen molar-refractivity contribution < 1.29 is 4.74 Å². The number of nitrogens with zero attached hydrogens (tertiary/aromatic N) is 2. The first-order valence-electron chi connectivity index (χ1n) is 9.80. The zero-order valence-electron chi connectivity index (χ0n) is 16.7. The minimum Gasteiger partial charge on any atom is -0.456 e. The summed E-state index contributed by atoms with van der Waals surface area (Å²) < 4.78 is 6.29. The van der Waals surface area contributed by atoms with Gasteiger partial charge in [0.2, 0.25) is 0 Å². The Labute approximate surface area is 174 Å². The van der Waals surface area contributed by atoms with Crippen molar-refractivity contribution in [1.82, 2.24) is 9.97 Å². The van der Waals surface area contributed by atoms with Crippen molar-refractivity contribution in [3.63, 3.8) is 0 Å². The Morgan fingerprint density at radius 1 is 1.00 bits per heavy atom. The molecule has 5 rings (SSSR count). The molecule has 1 aliphatic rings. The predicted molar refractivity (Wildman–Crippen MR) is 119 cm³/mol. The zero-order chi connectivity index (χ0) is 20.7. The average molecular weight is 389 g/mol. The minimum absolute atomic E-state index is 0.496. The lowest BCUT2D eigenvalue weighted by Gasteiger charge is -2.23. The Morgan fingerprint density at radius 2 is 1.77 bits per heavy atom. The molecule has 0 bridgehead atoms. The van der Waals surface area contributed by atoms with Gasteiger partial charge in [-0.05, 0) is 49.2 Å². The second-order valence-electron chi connectivity index (χ2n) is 7.43. The third-order valence-corrected chi connectivity index (χ3v) is 5.27. The maximum absolute atomic E-state index is 10.1. The van der Waals surface area contributed by atoms with Crippen LogP contribution < -0.4 is 4.74 Å². The van der Waals surface area contributed by atoms with E-state index in [0.29, 0.717) is 17.2 Å². The van der Waals surface area contributed by atoms with Gasteiger partial charge >= 0.3 is 0 Å². The lowest BCUT2D eigenvalue weighted by molar-refractivity contribution is 0.508. The summed E-state index contributed by atoms with van der Waals surface area (Å²) in [5.74, 6) is 2.03. The molecule has 1 aromatic heterocycles. The summed E-state index contributed by atoms with van der Waals surface area (Å²) in [7, 11) is 0. The van der Waals surface area contributed by atoms with Crippen molar-refractivity contribution in [3.05, 3.63) is 101 Å². The second kappa shape index (κ2) is 7.06. The van der Waals surface area contributed by atoms with Crippen LogP contribution in [0.5, 0.6) is 5.75 Å². The summed E-state index contributed by atoms with van der Waals surface area (Å²) >= 11 is 0. The first-order valence-corrected chi connectivity index (χ1v) is 9.80. The normalized spacial score (nSPS) is 14.5. The number of aryl methyl sites for hydroxylation is 2. The molecular weight excluding hydrogens is 370 g/mol. The molecule has 0 fully saturated rings. The zero-order valence-corrected chi connectivity index (χ0v) is 16.7. The number of H-pyrrole nitrogens is 1. The molecule has 0 atom stereocenters. The van der Waals surface area contributed by atoms with E-state index in [1.165, 1.54) is 0 Å². The molecule has 0 spiro atoms. The maximum Gasteiger partial charge on any atom is 0.149 e. The number of hydrogen-bond acceptors (Lipinski definition) is 3. The van der Waals surface area contributed by atoms with Gasteiger partial charge in [0.05, 0.1) is 11.0 Å². The van der Waals surface area contributed by atoms with E-state index < -0.39 is 0 Å². The van der Waals surface area contributed by atoms with Crippen LogP contribution in [0.4, 0.5) is 0 Å². The number of ether oxygens (including phenoxy) is 1. The van der Waals surface area contributed by atoms with E-state index in [2.05, 4.69) is 22.1 Å². The Balaban J connectivity index is 1.80. The van der Waals surface area contributed by atoms with Gasteiger partial charge in [0, 0.05) is 16.7 Å². The van der Waals surface area contributed by atoms with Crippen molar-refractivity contribution >= 4 is 27.9 Å². The third kappa shape index (κ3) is 2.98. The van der Waals surface area contributed by atoms with Crippen molar-refractivity contribution in [2.24, 2.45) is 0 Å². The number of imidazole rings is 1. The number of aromatic amines is 1. The molecule has 4 aromatic rings. The van der Waals surface area contributed by atoms with Gasteiger partial charge in [-0.25, -0.2) is 4.98 Å². The summed E-state index contributed by atoms with van der Waals surface area (Å²) in [6.07, 6.45) is 1.95. The maximum atomic E-state index is 10.1. The molecule has 30 heavy (non-hydrogen) atoms. The molecule has 0 amide bonds. The van der Waals surface area contributed by atoms with E-state index in [4.69, 9.17) is 4.74 Å². The van der Waals surface area contributed by atoms with Crippen molar-refractivity contribution in [1.29, 1.82) is 5.26 Å². The number of nitriles is 1. The van der Waals surface area contributed by atoms with E-state index in [-0.39, 0.29) is 0 Å². The highest BCUT2D eigenvalue weighted by Gasteiger charge is 2.25. The quantitative estimate of drug-likeness (QED) is 0.425. The monoisotopic (exact) mass is 389 g/mol. The SMILES string of the molecule is Cc1cc(C)c2c(c1)OC(c1ccccc1)=CC2=C(C#N)c1nc2ccccc2[nH]1. The average Bonchev–Trinajstić information content (AvgIpc) is 3.18. The highest BCUT2D eigenvalue weighted by molar-refractivity contribution is 6.06. The smallest absolute Gasteiger partial charge is 0.149 e. The summed E-state index contributed by atoms with van der Waals surface area (Å²) in [4.78, 5) is 7.97. The molecule has 0 aliphatic carbocycles. The number of rotatable bonds is 2. The lowest BCUT2D eigenvalue weighted by Crippen LogP contribution is -2.07. The van der Waals surface area contributed by atoms with Crippen molar-refractivity contribution in [2.75, 3.05) is 0 Å². The van der Waals surface area contributed by atoms with Gasteiger partial charge in [-0.15, -0.1) is 0 Å². The molecule has 0 saturated heterocycles. The van der Waals surface area contributed by atoms with Crippen LogP contribution in [0.15, 0.2) is 72.8 Å². The Hall–Kier alpha value is -4.10. The summed E-state index contributed by atoms with van der Waals surface area (Å²) in [6.45, 7) is 4.09. The van der Waals surface area contributed by atoms with Crippen LogP contribution in [0, 0.1) is 25.2 Å². The predicted octanol–water partition coefficient (Wildman–Crippen LogP) is 6.05. The highest BCUT2D eigenvalue weighted by Crippen LogP contribution is 2.42. The minimum atomic E-state index is 0.496. The van der Waals surface area contributed by atoms with Gasteiger partial charge in [-0.1, -0.05) is 48.5 Å². The van der Waals surface area contributed by atoms with Gasteiger partial charge in [0.15, 0.2) is 0 Å². The largest absolute Gasteiger partial charge is 0.456 e. The third-order valence-electron chi connectivity index (χ3n) is 5.27. The van der Waals surface area contributed by atoms with E-state index >= 15 is 0 Å². The number of para-hydroxylation sites is 2.